The fourth-order valence-corrected chi connectivity index (χ4v) is 12.6. The summed E-state index contributed by atoms with van der Waals surface area (Å²) in [5.74, 6) is 0.281. The van der Waals surface area contributed by atoms with Crippen LogP contribution in [-0.4, -0.2) is 170 Å². The molecule has 2 aromatic heterocycles. The zero-order valence-corrected chi connectivity index (χ0v) is 63.3. The number of hydrogen-bond donors (Lipinski definition) is 0. The van der Waals surface area contributed by atoms with E-state index in [0.29, 0.717) is 79.4 Å². The number of ketones is 4. The van der Waals surface area contributed by atoms with Crippen LogP contribution in [0.5, 0.6) is 0 Å². The second-order valence-electron chi connectivity index (χ2n) is 23.1. The van der Waals surface area contributed by atoms with Crippen molar-refractivity contribution in [2.24, 2.45) is 4.99 Å². The molecule has 6 aromatic rings. The average Bonchev–Trinajstić information content (AvgIpc) is 1.57. The molecule has 0 spiro atoms. The Hall–Kier alpha value is -8.70. The van der Waals surface area contributed by atoms with Crippen molar-refractivity contribution in [1.29, 1.82) is 0 Å². The van der Waals surface area contributed by atoms with E-state index < -0.39 is 83.6 Å². The number of pyridine rings is 2. The highest BCUT2D eigenvalue weighted by atomic mass is 32.2. The normalized spacial score (nSPS) is 13.2. The van der Waals surface area contributed by atoms with E-state index in [1.165, 1.54) is 10.9 Å². The van der Waals surface area contributed by atoms with E-state index in [4.69, 9.17) is 80.8 Å². The Balaban J connectivity index is 0. The van der Waals surface area contributed by atoms with Gasteiger partial charge in [0.05, 0.1) is 32.7 Å². The first-order chi connectivity index (χ1) is 47.2. The molecule has 1 saturated heterocycles. The summed E-state index contributed by atoms with van der Waals surface area (Å²) in [6.45, 7) is 21.1. The number of hydrogen-bond acceptors (Lipinski definition) is 30. The molecule has 572 valence electrons. The van der Waals surface area contributed by atoms with Crippen molar-refractivity contribution in [2.45, 2.75) is 166 Å². The minimum Gasteiger partial charge on any atom is -0.748 e. The second kappa shape index (κ2) is 45.5. The summed E-state index contributed by atoms with van der Waals surface area (Å²) in [6, 6.07) is 28.0. The molecule has 3 aliphatic heterocycles. The molecule has 3 aliphatic rings. The molecular formula is C65H82N4O27S8. The summed E-state index contributed by atoms with van der Waals surface area (Å²) in [5, 5.41) is 4.42. The Morgan fingerprint density at radius 3 is 1.09 bits per heavy atom. The van der Waals surface area contributed by atoms with E-state index >= 15 is 0 Å². The molecule has 31 nitrogen and oxygen atoms in total. The Morgan fingerprint density at radius 2 is 0.788 bits per heavy atom. The number of Topliss-reactive ketones (excluding diaryl/α,β-unsaturated/α-hetero) is 4. The zero-order chi connectivity index (χ0) is 78.4. The topological polar surface area (TPSA) is 508 Å². The van der Waals surface area contributed by atoms with Gasteiger partial charge >= 0.3 is 63.7 Å². The number of aliphatic imine (C=N–C) groups is 1. The van der Waals surface area contributed by atoms with Gasteiger partial charge in [-0.25, -0.2) is 26.8 Å². The van der Waals surface area contributed by atoms with Crippen LogP contribution in [0, 0.1) is 0 Å². The van der Waals surface area contributed by atoms with Crippen LogP contribution in [0.3, 0.4) is 0 Å². The summed E-state index contributed by atoms with van der Waals surface area (Å²) >= 11 is 0. The molecule has 104 heavy (non-hydrogen) atoms. The highest BCUT2D eigenvalue weighted by Gasteiger charge is 2.44. The number of carbonyl (C=O) groups excluding carboxylic acids is 4. The van der Waals surface area contributed by atoms with Gasteiger partial charge in [0, 0.05) is 67.5 Å². The lowest BCUT2D eigenvalue weighted by atomic mass is 9.79. The average molecular weight is 1610 g/mol. The molecule has 0 bridgehead atoms. The van der Waals surface area contributed by atoms with E-state index in [0.717, 1.165) is 92.5 Å². The summed E-state index contributed by atoms with van der Waals surface area (Å²) in [5.41, 5.74) is 11.2. The van der Waals surface area contributed by atoms with Gasteiger partial charge in [0.1, 0.15) is 39.2 Å². The third-order valence-electron chi connectivity index (χ3n) is 15.3. The molecule has 0 radical (unpaired) electrons. The van der Waals surface area contributed by atoms with E-state index in [9.17, 15) is 40.6 Å². The molecule has 5 heterocycles. The van der Waals surface area contributed by atoms with Crippen molar-refractivity contribution >= 4 is 151 Å². The summed E-state index contributed by atoms with van der Waals surface area (Å²) < 4.78 is 208. The first-order valence-electron chi connectivity index (χ1n) is 30.5. The van der Waals surface area contributed by atoms with Gasteiger partial charge in [-0.3, -0.25) is 24.2 Å². The number of sulfone groups is 1. The van der Waals surface area contributed by atoms with Gasteiger partial charge in [0.2, 0.25) is 5.69 Å². The number of fused-ring (bicyclic) bond motifs is 6. The minimum absolute atomic E-state index is 0. The number of carbonyl (C=O) groups is 4. The lowest BCUT2D eigenvalue weighted by Gasteiger charge is -2.22. The number of aromatic nitrogens is 2. The maximum atomic E-state index is 12.7. The SMILES string of the molecule is C.C.CCCC(=O)c1cc(-c2ccc3c4c(ccc3c2)N=C(C)C4(C)C)cc(C(=O)CCC)n1.CCCC(=O)c1cc(-c2ccc3c4c(ccc3c2)[N+](CCCS(=O)(=O)[O-])=C(C)C4(C)C)cc(C(=O)CCC)n1.O=S(=O)=O.O=S(=O)=O.O=S(=O)=O.O=S(=O)=O.O=S(=O)=O.O=S(=O)=O.O=S1(=O)CCCC1. The summed E-state index contributed by atoms with van der Waals surface area (Å²) in [7, 11) is -25.5. The van der Waals surface area contributed by atoms with E-state index in [-0.39, 0.29) is 61.0 Å². The van der Waals surface area contributed by atoms with Crippen molar-refractivity contribution < 1.29 is 121 Å². The van der Waals surface area contributed by atoms with Gasteiger partial charge in [-0.15, -0.1) is 75.8 Å². The second-order valence-corrected chi connectivity index (χ2v) is 29.4. The molecule has 0 N–H and O–H groups in total. The van der Waals surface area contributed by atoms with Crippen molar-refractivity contribution in [1.82, 2.24) is 9.97 Å². The van der Waals surface area contributed by atoms with Gasteiger partial charge in [0.25, 0.3) is 0 Å². The van der Waals surface area contributed by atoms with Gasteiger partial charge < -0.3 is 4.55 Å². The molecule has 9 rings (SSSR count). The molecule has 0 amide bonds. The largest absolute Gasteiger partial charge is 0.748 e. The molecule has 0 unspecified atom stereocenters. The van der Waals surface area contributed by atoms with Gasteiger partial charge in [0.15, 0.2) is 28.8 Å². The molecule has 39 heteroatoms. The fourth-order valence-electron chi connectivity index (χ4n) is 10.6. The predicted molar refractivity (Wildman–Crippen MR) is 384 cm³/mol. The predicted octanol–water partition coefficient (Wildman–Crippen LogP) is 8.89. The number of rotatable bonds is 18. The highest BCUT2D eigenvalue weighted by molar-refractivity contribution is 7.91. The smallest absolute Gasteiger partial charge is 0.425 e. The van der Waals surface area contributed by atoms with Crippen molar-refractivity contribution in [3.05, 3.63) is 119 Å². The molecular weight excluding hydrogens is 1530 g/mol. The molecule has 0 saturated carbocycles. The van der Waals surface area contributed by atoms with Crippen LogP contribution < -0.4 is 0 Å². The van der Waals surface area contributed by atoms with Gasteiger partial charge in [-0.1, -0.05) is 86.7 Å². The first-order valence-corrected chi connectivity index (χ1v) is 39.9. The first kappa shape index (κ1) is 97.4. The Kier molecular flexibility index (Phi) is 42.6. The third-order valence-corrected chi connectivity index (χ3v) is 18.0. The number of benzene rings is 4. The van der Waals surface area contributed by atoms with Crippen LogP contribution in [0.15, 0.2) is 89.9 Å². The lowest BCUT2D eigenvalue weighted by molar-refractivity contribution is -0.438. The maximum absolute atomic E-state index is 12.7. The van der Waals surface area contributed by atoms with Crippen LogP contribution in [0.4, 0.5) is 11.4 Å². The van der Waals surface area contributed by atoms with Crippen LogP contribution in [0.1, 0.15) is 208 Å². The van der Waals surface area contributed by atoms with E-state index in [1.807, 2.05) is 65.0 Å². The zero-order valence-electron chi connectivity index (χ0n) is 56.8. The Morgan fingerprint density at radius 1 is 0.471 bits per heavy atom. The summed E-state index contributed by atoms with van der Waals surface area (Å²) in [4.78, 5) is 64.3. The molecule has 4 aromatic carbocycles. The van der Waals surface area contributed by atoms with Gasteiger partial charge in [-0.2, -0.15) is 4.58 Å². The van der Waals surface area contributed by atoms with Crippen LogP contribution in [-0.2, 0) is 94.4 Å². The Bertz CT molecular complexity index is 4840. The maximum Gasteiger partial charge on any atom is 0.425 e. The molecule has 0 atom stereocenters. The lowest BCUT2D eigenvalue weighted by Crippen LogP contribution is -2.27. The Labute approximate surface area is 613 Å². The minimum atomic E-state index is -4.26. The molecule has 0 aliphatic carbocycles. The summed E-state index contributed by atoms with van der Waals surface area (Å²) in [6.07, 6.45) is 6.54. The van der Waals surface area contributed by atoms with Crippen molar-refractivity contribution in [2.75, 3.05) is 23.8 Å². The number of nitrogens with zero attached hydrogens (tertiary/aromatic N) is 4. The quantitative estimate of drug-likeness (QED) is 0.0440. The van der Waals surface area contributed by atoms with Crippen LogP contribution in [0.25, 0.3) is 43.8 Å². The standard InChI is InChI=1S/C31H36N2O5S.C28H30N2O2.C4H8O2S.2CH4.6O3S/c1-6-9-28(34)25-18-23(19-26(32-25)29(35)10-7-2)21-11-13-24-22(17-21)12-14-27-30(24)31(4,5)20(3)33(27)15-8-16-39(36,37)38;1-6-8-25(31)23-15-20(16-24(30-23)26(32)9-7-2)18-10-12-21-19(14-18)11-13-22-27(21)28(4,5)17(3)29-22;5-7(6)3-1-2-4-7;;;6*1-4(2)3/h11-14,17-19H,6-10,15-16H2,1-5H3;10-16H,6-9H2,1-5H3;1-4H2;2*1H4;;;;;;. The molecule has 1 fully saturated rings. The third kappa shape index (κ3) is 33.0. The van der Waals surface area contributed by atoms with Crippen LogP contribution >= 0.6 is 0 Å². The van der Waals surface area contributed by atoms with Gasteiger partial charge in [-0.05, 0) is 157 Å². The van der Waals surface area contributed by atoms with Crippen LogP contribution in [0.2, 0.25) is 0 Å². The fraction of sp³-hybridized carbons (Fsp3) is 0.446. The van der Waals surface area contributed by atoms with E-state index in [2.05, 4.69) is 91.6 Å². The van der Waals surface area contributed by atoms with Crippen molar-refractivity contribution in [3.63, 3.8) is 0 Å². The van der Waals surface area contributed by atoms with E-state index in [1.54, 1.807) is 12.1 Å². The highest BCUT2D eigenvalue weighted by Crippen LogP contribution is 2.46. The monoisotopic (exact) mass is 1610 g/mol. The van der Waals surface area contributed by atoms with Crippen molar-refractivity contribution in [3.8, 4) is 22.3 Å².